The van der Waals surface area contributed by atoms with Crippen LogP contribution in [0.25, 0.3) is 11.5 Å². The fourth-order valence-corrected chi connectivity index (χ4v) is 3.17. The molecule has 0 unspecified atom stereocenters. The van der Waals surface area contributed by atoms with Crippen molar-refractivity contribution < 1.29 is 13.2 Å². The number of aromatic amines is 1. The molecule has 0 aliphatic carbocycles. The van der Waals surface area contributed by atoms with E-state index < -0.39 is 17.7 Å². The smallest absolute Gasteiger partial charge is 0.312 e. The molecule has 0 fully saturated rings. The van der Waals surface area contributed by atoms with E-state index in [4.69, 9.17) is 11.6 Å². The molecule has 1 aromatic carbocycles. The molecule has 3 rings (SSSR count). The third kappa shape index (κ3) is 3.73. The Kier molecular flexibility index (Phi) is 4.81. The molecular weight excluding hydrogens is 383 g/mol. The minimum atomic E-state index is -4.47. The number of nitrogens with zero attached hydrogens (tertiary/aromatic N) is 4. The summed E-state index contributed by atoms with van der Waals surface area (Å²) in [4.78, 5) is 18.4. The number of aromatic nitrogens is 5. The van der Waals surface area contributed by atoms with Gasteiger partial charge in [-0.1, -0.05) is 24.6 Å². The second-order valence-corrected chi connectivity index (χ2v) is 6.52. The SMILES string of the molecule is Cc1nc(-c2nnc([C@H](C)c3ccc(C(F)(F)F)cc3Cl)n2C)cc(=O)[nH]1. The lowest BCUT2D eigenvalue weighted by Gasteiger charge is -2.15. The molecule has 0 saturated heterocycles. The van der Waals surface area contributed by atoms with Crippen LogP contribution in [0.15, 0.2) is 29.1 Å². The van der Waals surface area contributed by atoms with Crippen molar-refractivity contribution in [1.82, 2.24) is 24.7 Å². The van der Waals surface area contributed by atoms with Crippen LogP contribution in [0, 0.1) is 6.92 Å². The molecule has 27 heavy (non-hydrogen) atoms. The normalized spacial score (nSPS) is 13.0. The number of H-pyrrole nitrogens is 1. The summed E-state index contributed by atoms with van der Waals surface area (Å²) in [5.41, 5.74) is -0.295. The number of rotatable bonds is 3. The van der Waals surface area contributed by atoms with Crippen LogP contribution in [0.1, 0.15) is 35.6 Å². The van der Waals surface area contributed by atoms with E-state index in [1.807, 2.05) is 0 Å². The van der Waals surface area contributed by atoms with E-state index in [2.05, 4.69) is 20.2 Å². The Labute approximate surface area is 157 Å². The van der Waals surface area contributed by atoms with Crippen LogP contribution in [0.4, 0.5) is 13.2 Å². The number of halogens is 4. The van der Waals surface area contributed by atoms with Gasteiger partial charge in [0, 0.05) is 24.1 Å². The van der Waals surface area contributed by atoms with E-state index in [9.17, 15) is 18.0 Å². The van der Waals surface area contributed by atoms with Crippen LogP contribution in [0.5, 0.6) is 0 Å². The van der Waals surface area contributed by atoms with Gasteiger partial charge in [0.1, 0.15) is 17.3 Å². The van der Waals surface area contributed by atoms with Crippen molar-refractivity contribution >= 4 is 11.6 Å². The Morgan fingerprint density at radius 1 is 1.22 bits per heavy atom. The zero-order valence-electron chi connectivity index (χ0n) is 14.6. The van der Waals surface area contributed by atoms with Gasteiger partial charge in [0.25, 0.3) is 5.56 Å². The fourth-order valence-electron chi connectivity index (χ4n) is 2.83. The van der Waals surface area contributed by atoms with Gasteiger partial charge in [0.2, 0.25) is 0 Å². The fraction of sp³-hybridized carbons (Fsp3) is 0.294. The second kappa shape index (κ2) is 6.80. The summed E-state index contributed by atoms with van der Waals surface area (Å²) in [6, 6.07) is 4.51. The van der Waals surface area contributed by atoms with Crippen molar-refractivity contribution in [3.63, 3.8) is 0 Å². The third-order valence-electron chi connectivity index (χ3n) is 4.18. The summed E-state index contributed by atoms with van der Waals surface area (Å²) in [5, 5.41) is 8.19. The van der Waals surface area contributed by atoms with Crippen molar-refractivity contribution in [3.05, 3.63) is 62.4 Å². The Morgan fingerprint density at radius 3 is 2.52 bits per heavy atom. The lowest BCUT2D eigenvalue weighted by atomic mass is 9.98. The van der Waals surface area contributed by atoms with E-state index in [1.54, 1.807) is 25.5 Å². The van der Waals surface area contributed by atoms with Crippen molar-refractivity contribution in [2.75, 3.05) is 0 Å². The summed E-state index contributed by atoms with van der Waals surface area (Å²) >= 11 is 6.08. The standard InChI is InChI=1S/C17H15ClF3N5O/c1-8(11-5-4-10(6-12(11)18)17(19,20)21)15-24-25-16(26(15)3)13-7-14(27)23-9(2)22-13/h4-8H,1-3H3,(H,22,23,27)/t8-/m1/s1. The van der Waals surface area contributed by atoms with Crippen molar-refractivity contribution in [2.45, 2.75) is 25.9 Å². The second-order valence-electron chi connectivity index (χ2n) is 6.11. The van der Waals surface area contributed by atoms with Gasteiger partial charge < -0.3 is 9.55 Å². The molecule has 0 bridgehead atoms. The molecular formula is C17H15ClF3N5O. The lowest BCUT2D eigenvalue weighted by Crippen LogP contribution is -2.11. The van der Waals surface area contributed by atoms with Gasteiger partial charge in [-0.15, -0.1) is 10.2 Å². The van der Waals surface area contributed by atoms with Crippen LogP contribution in [0.3, 0.4) is 0 Å². The number of hydrogen-bond donors (Lipinski definition) is 1. The van der Waals surface area contributed by atoms with Gasteiger partial charge >= 0.3 is 6.18 Å². The van der Waals surface area contributed by atoms with Crippen LogP contribution in [-0.4, -0.2) is 24.7 Å². The summed E-state index contributed by atoms with van der Waals surface area (Å²) in [5.74, 6) is 0.857. The molecule has 6 nitrogen and oxygen atoms in total. The minimum Gasteiger partial charge on any atom is -0.312 e. The van der Waals surface area contributed by atoms with Gasteiger partial charge in [-0.3, -0.25) is 4.79 Å². The molecule has 2 heterocycles. The third-order valence-corrected chi connectivity index (χ3v) is 4.51. The first-order valence-corrected chi connectivity index (χ1v) is 8.30. The number of nitrogens with one attached hydrogen (secondary N) is 1. The van der Waals surface area contributed by atoms with Gasteiger partial charge in [-0.05, 0) is 24.6 Å². The highest BCUT2D eigenvalue weighted by atomic mass is 35.5. The number of aryl methyl sites for hydroxylation is 1. The van der Waals surface area contributed by atoms with Crippen molar-refractivity contribution in [3.8, 4) is 11.5 Å². The topological polar surface area (TPSA) is 76.5 Å². The molecule has 2 aromatic heterocycles. The average Bonchev–Trinajstić information content (AvgIpc) is 2.94. The molecule has 0 spiro atoms. The highest BCUT2D eigenvalue weighted by Gasteiger charge is 2.31. The first-order valence-electron chi connectivity index (χ1n) is 7.92. The highest BCUT2D eigenvalue weighted by molar-refractivity contribution is 6.31. The van der Waals surface area contributed by atoms with E-state index in [-0.39, 0.29) is 10.6 Å². The molecule has 0 amide bonds. The Balaban J connectivity index is 2.01. The molecule has 0 saturated carbocycles. The molecule has 0 aliphatic rings. The maximum absolute atomic E-state index is 12.8. The van der Waals surface area contributed by atoms with Crippen LogP contribution in [-0.2, 0) is 13.2 Å². The maximum atomic E-state index is 12.8. The van der Waals surface area contributed by atoms with E-state index >= 15 is 0 Å². The largest absolute Gasteiger partial charge is 0.416 e. The Hall–Kier alpha value is -2.68. The summed E-state index contributed by atoms with van der Waals surface area (Å²) in [6.45, 7) is 3.41. The van der Waals surface area contributed by atoms with Gasteiger partial charge in [0.05, 0.1) is 5.56 Å². The zero-order valence-corrected chi connectivity index (χ0v) is 15.4. The predicted octanol–water partition coefficient (Wildman–Crippen LogP) is 3.70. The van der Waals surface area contributed by atoms with Crippen molar-refractivity contribution in [2.24, 2.45) is 7.05 Å². The molecule has 0 aliphatic heterocycles. The van der Waals surface area contributed by atoms with Gasteiger partial charge in [-0.2, -0.15) is 13.2 Å². The summed E-state index contributed by atoms with van der Waals surface area (Å²) in [7, 11) is 1.69. The van der Waals surface area contributed by atoms with E-state index in [1.165, 1.54) is 12.1 Å². The summed E-state index contributed by atoms with van der Waals surface area (Å²) < 4.78 is 40.1. The molecule has 1 atom stereocenters. The lowest BCUT2D eigenvalue weighted by molar-refractivity contribution is -0.137. The highest BCUT2D eigenvalue weighted by Crippen LogP contribution is 2.36. The number of alkyl halides is 3. The molecule has 142 valence electrons. The molecule has 3 aromatic rings. The van der Waals surface area contributed by atoms with Crippen LogP contribution >= 0.6 is 11.6 Å². The van der Waals surface area contributed by atoms with Gasteiger partial charge in [0.15, 0.2) is 5.82 Å². The van der Waals surface area contributed by atoms with E-state index in [0.717, 1.165) is 12.1 Å². The average molecular weight is 398 g/mol. The minimum absolute atomic E-state index is 0.00741. The molecule has 1 N–H and O–H groups in total. The van der Waals surface area contributed by atoms with Gasteiger partial charge in [-0.25, -0.2) is 4.98 Å². The number of benzene rings is 1. The predicted molar refractivity (Wildman–Crippen MR) is 93.6 cm³/mol. The monoisotopic (exact) mass is 397 g/mol. The maximum Gasteiger partial charge on any atom is 0.416 e. The van der Waals surface area contributed by atoms with Crippen molar-refractivity contribution in [1.29, 1.82) is 0 Å². The van der Waals surface area contributed by atoms with Crippen LogP contribution < -0.4 is 5.56 Å². The molecule has 0 radical (unpaired) electrons. The quantitative estimate of drug-likeness (QED) is 0.731. The first-order chi connectivity index (χ1) is 12.6. The molecule has 10 heteroatoms. The van der Waals surface area contributed by atoms with E-state index in [0.29, 0.717) is 28.7 Å². The first kappa shape index (κ1) is 19.1. The number of hydrogen-bond acceptors (Lipinski definition) is 4. The van der Waals surface area contributed by atoms with Crippen LogP contribution in [0.2, 0.25) is 5.02 Å². The Morgan fingerprint density at radius 2 is 1.93 bits per heavy atom. The Bertz CT molecular complexity index is 1060. The zero-order chi connectivity index (χ0) is 19.9. The summed E-state index contributed by atoms with van der Waals surface area (Å²) in [6.07, 6.45) is -4.47.